The van der Waals surface area contributed by atoms with Gasteiger partial charge in [-0.05, 0) is 18.4 Å². The minimum Gasteiger partial charge on any atom is -0.394 e. The molecule has 0 saturated heterocycles. The molecule has 0 heterocycles. The summed E-state index contributed by atoms with van der Waals surface area (Å²) in [6.07, 6.45) is -0.580. The highest BCUT2D eigenvalue weighted by Gasteiger charge is 2.25. The number of rotatable bonds is 9. The van der Waals surface area contributed by atoms with Crippen molar-refractivity contribution < 1.29 is 14.9 Å². The molecule has 0 aromatic heterocycles. The molecule has 0 amide bonds. The molecule has 1 aromatic rings. The lowest BCUT2D eigenvalue weighted by Gasteiger charge is -2.30. The van der Waals surface area contributed by atoms with Crippen LogP contribution in [0.5, 0.6) is 0 Å². The van der Waals surface area contributed by atoms with Crippen molar-refractivity contribution >= 4 is 0 Å². The van der Waals surface area contributed by atoms with E-state index in [0.717, 1.165) is 5.56 Å². The summed E-state index contributed by atoms with van der Waals surface area (Å²) in [5.74, 6) is 0.460. The number of nitrogens with one attached hydrogen (secondary N) is 1. The maximum absolute atomic E-state index is 9.90. The molecule has 20 heavy (non-hydrogen) atoms. The van der Waals surface area contributed by atoms with Gasteiger partial charge in [0.2, 0.25) is 0 Å². The molecular formula is C16H27NO3. The fourth-order valence-corrected chi connectivity index (χ4v) is 1.90. The van der Waals surface area contributed by atoms with Crippen LogP contribution in [0.1, 0.15) is 26.3 Å². The monoisotopic (exact) mass is 281 g/mol. The summed E-state index contributed by atoms with van der Waals surface area (Å²) in [6, 6.07) is 9.74. The van der Waals surface area contributed by atoms with E-state index in [9.17, 15) is 10.2 Å². The van der Waals surface area contributed by atoms with Crippen LogP contribution < -0.4 is 5.32 Å². The summed E-state index contributed by atoms with van der Waals surface area (Å²) in [5, 5.41) is 22.7. The summed E-state index contributed by atoms with van der Waals surface area (Å²) < 4.78 is 5.41. The molecule has 2 atom stereocenters. The molecule has 0 fully saturated rings. The van der Waals surface area contributed by atoms with Crippen molar-refractivity contribution in [3.63, 3.8) is 0 Å². The lowest BCUT2D eigenvalue weighted by molar-refractivity contribution is 0.0202. The van der Waals surface area contributed by atoms with Gasteiger partial charge < -0.3 is 20.3 Å². The highest BCUT2D eigenvalue weighted by molar-refractivity contribution is 5.23. The standard InChI is InChI=1S/C16H27NO3/c1-13(2)10-20-11-15(19)9-17-16(3,12-18)14-7-5-4-6-8-14/h4-8,13,15,17-19H,9-12H2,1-3H3. The Balaban J connectivity index is 2.45. The number of hydrogen-bond acceptors (Lipinski definition) is 4. The molecule has 0 aliphatic rings. The van der Waals surface area contributed by atoms with E-state index in [0.29, 0.717) is 25.7 Å². The van der Waals surface area contributed by atoms with E-state index < -0.39 is 11.6 Å². The molecule has 0 radical (unpaired) electrons. The van der Waals surface area contributed by atoms with Gasteiger partial charge in [0.25, 0.3) is 0 Å². The average Bonchev–Trinajstić information content (AvgIpc) is 2.45. The number of ether oxygens (including phenoxy) is 1. The Morgan fingerprint density at radius 3 is 2.40 bits per heavy atom. The van der Waals surface area contributed by atoms with Crippen LogP contribution in [0.2, 0.25) is 0 Å². The summed E-state index contributed by atoms with van der Waals surface area (Å²) in [4.78, 5) is 0. The summed E-state index contributed by atoms with van der Waals surface area (Å²) in [7, 11) is 0. The van der Waals surface area contributed by atoms with E-state index in [4.69, 9.17) is 4.74 Å². The predicted molar refractivity (Wildman–Crippen MR) is 80.5 cm³/mol. The van der Waals surface area contributed by atoms with Crippen LogP contribution in [0.4, 0.5) is 0 Å². The van der Waals surface area contributed by atoms with Gasteiger partial charge in [-0.2, -0.15) is 0 Å². The Morgan fingerprint density at radius 1 is 1.20 bits per heavy atom. The van der Waals surface area contributed by atoms with Gasteiger partial charge in [0.15, 0.2) is 0 Å². The molecule has 1 aromatic carbocycles. The Morgan fingerprint density at radius 2 is 1.85 bits per heavy atom. The number of aliphatic hydroxyl groups is 2. The van der Waals surface area contributed by atoms with Crippen LogP contribution in [0.3, 0.4) is 0 Å². The zero-order valence-electron chi connectivity index (χ0n) is 12.7. The second-order valence-corrected chi connectivity index (χ2v) is 5.82. The van der Waals surface area contributed by atoms with E-state index in [1.165, 1.54) is 0 Å². The smallest absolute Gasteiger partial charge is 0.0897 e. The fraction of sp³-hybridized carbons (Fsp3) is 0.625. The van der Waals surface area contributed by atoms with Crippen molar-refractivity contribution in [3.8, 4) is 0 Å². The Labute approximate surface area is 121 Å². The third-order valence-corrected chi connectivity index (χ3v) is 3.22. The molecule has 0 bridgehead atoms. The SMILES string of the molecule is CC(C)COCC(O)CNC(C)(CO)c1ccccc1. The molecule has 0 aliphatic carbocycles. The molecule has 114 valence electrons. The van der Waals surface area contributed by atoms with Crippen molar-refractivity contribution in [2.24, 2.45) is 5.92 Å². The Bertz CT molecular complexity index is 369. The first-order valence-corrected chi connectivity index (χ1v) is 7.15. The first-order valence-electron chi connectivity index (χ1n) is 7.15. The zero-order chi connectivity index (χ0) is 15.0. The largest absolute Gasteiger partial charge is 0.394 e. The normalized spacial score (nSPS) is 16.1. The molecule has 0 saturated carbocycles. The molecular weight excluding hydrogens is 254 g/mol. The molecule has 3 N–H and O–H groups in total. The number of hydrogen-bond donors (Lipinski definition) is 3. The molecule has 4 nitrogen and oxygen atoms in total. The summed E-state index contributed by atoms with van der Waals surface area (Å²) in [5.41, 5.74) is 0.443. The lowest BCUT2D eigenvalue weighted by atomic mass is 9.93. The van der Waals surface area contributed by atoms with Gasteiger partial charge in [0.05, 0.1) is 24.9 Å². The highest BCUT2D eigenvalue weighted by atomic mass is 16.5. The van der Waals surface area contributed by atoms with E-state index in [1.807, 2.05) is 37.3 Å². The first-order chi connectivity index (χ1) is 9.48. The van der Waals surface area contributed by atoms with Gasteiger partial charge in [-0.1, -0.05) is 44.2 Å². The number of benzene rings is 1. The fourth-order valence-electron chi connectivity index (χ4n) is 1.90. The van der Waals surface area contributed by atoms with Gasteiger partial charge in [0, 0.05) is 13.2 Å². The summed E-state index contributed by atoms with van der Waals surface area (Å²) >= 11 is 0. The minimum atomic E-state index is -0.580. The maximum atomic E-state index is 9.90. The first kappa shape index (κ1) is 17.1. The lowest BCUT2D eigenvalue weighted by Crippen LogP contribution is -2.47. The third kappa shape index (κ3) is 5.59. The average molecular weight is 281 g/mol. The van der Waals surface area contributed by atoms with Crippen LogP contribution in [-0.4, -0.2) is 42.7 Å². The van der Waals surface area contributed by atoms with Crippen LogP contribution in [0, 0.1) is 5.92 Å². The van der Waals surface area contributed by atoms with E-state index >= 15 is 0 Å². The Hall–Kier alpha value is -0.940. The van der Waals surface area contributed by atoms with Crippen molar-refractivity contribution in [2.75, 3.05) is 26.4 Å². The predicted octanol–water partition coefficient (Wildman–Crippen LogP) is 1.52. The van der Waals surface area contributed by atoms with E-state index in [1.54, 1.807) is 0 Å². The quantitative estimate of drug-likeness (QED) is 0.642. The second kappa shape index (κ2) is 8.37. The highest BCUT2D eigenvalue weighted by Crippen LogP contribution is 2.19. The molecule has 4 heteroatoms. The maximum Gasteiger partial charge on any atom is 0.0897 e. The van der Waals surface area contributed by atoms with Gasteiger partial charge >= 0.3 is 0 Å². The summed E-state index contributed by atoms with van der Waals surface area (Å²) in [6.45, 7) is 7.37. The molecule has 2 unspecified atom stereocenters. The molecule has 0 spiro atoms. The van der Waals surface area contributed by atoms with Crippen LogP contribution in [0.15, 0.2) is 30.3 Å². The van der Waals surface area contributed by atoms with Crippen LogP contribution in [0.25, 0.3) is 0 Å². The van der Waals surface area contributed by atoms with Crippen LogP contribution in [-0.2, 0) is 10.3 Å². The number of aliphatic hydroxyl groups excluding tert-OH is 2. The van der Waals surface area contributed by atoms with Gasteiger partial charge in [-0.15, -0.1) is 0 Å². The zero-order valence-corrected chi connectivity index (χ0v) is 12.7. The van der Waals surface area contributed by atoms with E-state index in [2.05, 4.69) is 19.2 Å². The minimum absolute atomic E-state index is 0.0312. The van der Waals surface area contributed by atoms with Crippen molar-refractivity contribution in [1.29, 1.82) is 0 Å². The topological polar surface area (TPSA) is 61.7 Å². The molecule has 0 aliphatic heterocycles. The third-order valence-electron chi connectivity index (χ3n) is 3.22. The van der Waals surface area contributed by atoms with Crippen molar-refractivity contribution in [3.05, 3.63) is 35.9 Å². The van der Waals surface area contributed by atoms with Crippen molar-refractivity contribution in [1.82, 2.24) is 5.32 Å². The van der Waals surface area contributed by atoms with Gasteiger partial charge in [-0.25, -0.2) is 0 Å². The Kier molecular flexibility index (Phi) is 7.16. The van der Waals surface area contributed by atoms with Crippen LogP contribution >= 0.6 is 0 Å². The second-order valence-electron chi connectivity index (χ2n) is 5.82. The molecule has 1 rings (SSSR count). The van der Waals surface area contributed by atoms with Crippen molar-refractivity contribution in [2.45, 2.75) is 32.4 Å². The van der Waals surface area contributed by atoms with Gasteiger partial charge in [-0.3, -0.25) is 0 Å². The van der Waals surface area contributed by atoms with Gasteiger partial charge in [0.1, 0.15) is 0 Å². The van der Waals surface area contributed by atoms with E-state index in [-0.39, 0.29) is 6.61 Å².